The van der Waals surface area contributed by atoms with Crippen LogP contribution in [0.2, 0.25) is 5.02 Å². The van der Waals surface area contributed by atoms with Crippen molar-refractivity contribution in [3.8, 4) is 0 Å². The molecule has 11 heteroatoms. The molecule has 0 aliphatic carbocycles. The van der Waals surface area contributed by atoms with E-state index in [1.807, 2.05) is 17.5 Å². The Bertz CT molecular complexity index is 929. The van der Waals surface area contributed by atoms with Crippen LogP contribution in [0, 0.1) is 0 Å². The summed E-state index contributed by atoms with van der Waals surface area (Å²) in [5, 5.41) is 26.0. The number of nitrogens with zero attached hydrogens (tertiary/aromatic N) is 4. The van der Waals surface area contributed by atoms with E-state index in [1.54, 1.807) is 16.0 Å². The highest BCUT2D eigenvalue weighted by Crippen LogP contribution is 2.22. The number of tetrazole rings is 1. The summed E-state index contributed by atoms with van der Waals surface area (Å²) in [4.78, 5) is 24.5. The number of anilines is 1. The van der Waals surface area contributed by atoms with Gasteiger partial charge in [0.1, 0.15) is 0 Å². The number of carbonyl (C=O) groups is 2. The van der Waals surface area contributed by atoms with E-state index in [2.05, 4.69) is 20.8 Å². The second kappa shape index (κ2) is 8.30. The van der Waals surface area contributed by atoms with Gasteiger partial charge in [0.2, 0.25) is 11.1 Å². The molecule has 1 aromatic carbocycles. The van der Waals surface area contributed by atoms with Crippen LogP contribution in [0.1, 0.15) is 15.2 Å². The van der Waals surface area contributed by atoms with Gasteiger partial charge in [-0.1, -0.05) is 29.4 Å². The van der Waals surface area contributed by atoms with Crippen molar-refractivity contribution in [2.24, 2.45) is 0 Å². The maximum absolute atomic E-state index is 12.2. The molecule has 2 N–H and O–H groups in total. The van der Waals surface area contributed by atoms with Crippen LogP contribution in [0.3, 0.4) is 0 Å². The van der Waals surface area contributed by atoms with E-state index in [9.17, 15) is 14.7 Å². The number of amides is 1. The molecule has 3 aromatic rings. The normalized spacial score (nSPS) is 10.7. The molecule has 0 bridgehead atoms. The second-order valence-corrected chi connectivity index (χ2v) is 7.44. The van der Waals surface area contributed by atoms with Crippen molar-refractivity contribution in [1.82, 2.24) is 20.2 Å². The first-order valence-corrected chi connectivity index (χ1v) is 9.51. The molecular formula is C15H12ClN5O3S2. The first-order chi connectivity index (χ1) is 12.5. The molecule has 0 aliphatic rings. The lowest BCUT2D eigenvalue weighted by Gasteiger charge is -2.08. The summed E-state index contributed by atoms with van der Waals surface area (Å²) in [6.07, 6.45) is 0. The lowest BCUT2D eigenvalue weighted by atomic mass is 10.2. The van der Waals surface area contributed by atoms with Crippen LogP contribution in [0.5, 0.6) is 0 Å². The molecule has 0 saturated carbocycles. The first-order valence-electron chi connectivity index (χ1n) is 7.27. The fourth-order valence-corrected chi connectivity index (χ4v) is 3.60. The van der Waals surface area contributed by atoms with E-state index < -0.39 is 5.97 Å². The van der Waals surface area contributed by atoms with Crippen LogP contribution < -0.4 is 5.32 Å². The summed E-state index contributed by atoms with van der Waals surface area (Å²) < 4.78 is 1.61. The number of thioether (sulfide) groups is 1. The lowest BCUT2D eigenvalue weighted by Crippen LogP contribution is -2.17. The van der Waals surface area contributed by atoms with Crippen LogP contribution in [0.4, 0.5) is 5.69 Å². The second-order valence-electron chi connectivity index (χ2n) is 5.03. The van der Waals surface area contributed by atoms with Crippen molar-refractivity contribution in [3.05, 3.63) is 51.2 Å². The van der Waals surface area contributed by atoms with Crippen LogP contribution in [0.25, 0.3) is 0 Å². The molecule has 3 rings (SSSR count). The van der Waals surface area contributed by atoms with Gasteiger partial charge >= 0.3 is 5.97 Å². The van der Waals surface area contributed by atoms with Crippen LogP contribution in [-0.4, -0.2) is 42.9 Å². The zero-order valence-corrected chi connectivity index (χ0v) is 15.5. The minimum atomic E-state index is -1.17. The molecule has 8 nitrogen and oxygen atoms in total. The van der Waals surface area contributed by atoms with Gasteiger partial charge in [0.25, 0.3) is 0 Å². The predicted molar refractivity (Wildman–Crippen MR) is 99.0 cm³/mol. The fraction of sp³-hybridized carbons (Fsp3) is 0.133. The molecule has 0 spiro atoms. The fourth-order valence-electron chi connectivity index (χ4n) is 2.07. The molecule has 0 unspecified atom stereocenters. The van der Waals surface area contributed by atoms with E-state index in [0.29, 0.717) is 11.7 Å². The smallest absolute Gasteiger partial charge is 0.337 e. The van der Waals surface area contributed by atoms with E-state index in [-0.39, 0.29) is 27.9 Å². The number of hydrogen-bond acceptors (Lipinski definition) is 7. The Balaban J connectivity index is 1.62. The van der Waals surface area contributed by atoms with Gasteiger partial charge in [-0.2, -0.15) is 0 Å². The minimum absolute atomic E-state index is 0.0342. The number of benzene rings is 1. The lowest BCUT2D eigenvalue weighted by molar-refractivity contribution is -0.113. The van der Waals surface area contributed by atoms with Gasteiger partial charge in [0, 0.05) is 9.90 Å². The predicted octanol–water partition coefficient (Wildman–Crippen LogP) is 2.87. The Labute approximate surface area is 161 Å². The third kappa shape index (κ3) is 4.59. The quantitative estimate of drug-likeness (QED) is 0.577. The van der Waals surface area contributed by atoms with Gasteiger partial charge in [0.15, 0.2) is 0 Å². The summed E-state index contributed by atoms with van der Waals surface area (Å²) in [6.45, 7) is 0.523. The third-order valence-corrected chi connectivity index (χ3v) is 5.26. The van der Waals surface area contributed by atoms with E-state index in [1.165, 1.54) is 30.0 Å². The summed E-state index contributed by atoms with van der Waals surface area (Å²) in [6, 6.07) is 8.17. The zero-order valence-electron chi connectivity index (χ0n) is 13.1. The maximum Gasteiger partial charge on any atom is 0.337 e. The Morgan fingerprint density at radius 2 is 2.19 bits per heavy atom. The molecule has 2 aromatic heterocycles. The van der Waals surface area contributed by atoms with Gasteiger partial charge < -0.3 is 10.4 Å². The Morgan fingerprint density at radius 3 is 2.92 bits per heavy atom. The minimum Gasteiger partial charge on any atom is -0.478 e. The van der Waals surface area contributed by atoms with Gasteiger partial charge in [-0.15, -0.1) is 16.4 Å². The molecule has 0 atom stereocenters. The highest BCUT2D eigenvalue weighted by molar-refractivity contribution is 7.99. The van der Waals surface area contributed by atoms with Crippen LogP contribution >= 0.6 is 34.7 Å². The number of thiophene rings is 1. The molecule has 0 aliphatic heterocycles. The maximum atomic E-state index is 12.2. The molecule has 0 fully saturated rings. The number of carboxylic acids is 1. The Hall–Kier alpha value is -2.43. The topological polar surface area (TPSA) is 110 Å². The number of nitrogens with one attached hydrogen (secondary N) is 1. The zero-order chi connectivity index (χ0) is 18.5. The van der Waals surface area contributed by atoms with E-state index in [0.717, 1.165) is 4.88 Å². The first kappa shape index (κ1) is 18.4. The molecule has 134 valence electrons. The van der Waals surface area contributed by atoms with Crippen molar-refractivity contribution in [2.45, 2.75) is 11.7 Å². The van der Waals surface area contributed by atoms with Gasteiger partial charge in [0.05, 0.1) is 23.5 Å². The Kier molecular flexibility index (Phi) is 5.86. The molecular weight excluding hydrogens is 398 g/mol. The van der Waals surface area contributed by atoms with Crippen LogP contribution in [-0.2, 0) is 11.3 Å². The van der Waals surface area contributed by atoms with Crippen molar-refractivity contribution in [1.29, 1.82) is 0 Å². The van der Waals surface area contributed by atoms with Gasteiger partial charge in [-0.05, 0) is 40.1 Å². The Morgan fingerprint density at radius 1 is 1.35 bits per heavy atom. The standard InChI is InChI=1S/C15H12ClN5O3S2/c16-9-3-4-12(11(6-9)14(23)24)17-13(22)8-26-15-18-19-20-21(15)7-10-2-1-5-25-10/h1-6H,7-8H2,(H,17,22)(H,23,24). The summed E-state index contributed by atoms with van der Waals surface area (Å²) >= 11 is 8.55. The summed E-state index contributed by atoms with van der Waals surface area (Å²) in [5.74, 6) is -1.51. The number of hydrogen-bond donors (Lipinski definition) is 2. The van der Waals surface area contributed by atoms with E-state index >= 15 is 0 Å². The number of rotatable bonds is 7. The monoisotopic (exact) mass is 409 g/mol. The number of aromatic carboxylic acids is 1. The van der Waals surface area contributed by atoms with Crippen molar-refractivity contribution >= 4 is 52.3 Å². The molecule has 1 amide bonds. The molecule has 26 heavy (non-hydrogen) atoms. The van der Waals surface area contributed by atoms with Crippen molar-refractivity contribution in [3.63, 3.8) is 0 Å². The van der Waals surface area contributed by atoms with Gasteiger partial charge in [-0.3, -0.25) is 4.79 Å². The molecule has 0 saturated heterocycles. The largest absolute Gasteiger partial charge is 0.478 e. The summed E-state index contributed by atoms with van der Waals surface area (Å²) in [5.41, 5.74) is 0.115. The molecule has 2 heterocycles. The average Bonchev–Trinajstić information content (AvgIpc) is 3.27. The van der Waals surface area contributed by atoms with Crippen molar-refractivity contribution < 1.29 is 14.7 Å². The third-order valence-electron chi connectivity index (χ3n) is 3.20. The number of carbonyl (C=O) groups excluding carboxylic acids is 1. The highest BCUT2D eigenvalue weighted by atomic mass is 35.5. The number of aromatic nitrogens is 4. The van der Waals surface area contributed by atoms with Crippen LogP contribution in [0.15, 0.2) is 40.9 Å². The number of halogens is 1. The highest BCUT2D eigenvalue weighted by Gasteiger charge is 2.15. The number of carboxylic acid groups (broad SMARTS) is 1. The summed E-state index contributed by atoms with van der Waals surface area (Å²) in [7, 11) is 0. The van der Waals surface area contributed by atoms with E-state index in [4.69, 9.17) is 11.6 Å². The average molecular weight is 410 g/mol. The SMILES string of the molecule is O=C(CSc1nnnn1Cc1cccs1)Nc1ccc(Cl)cc1C(=O)O. The molecule has 0 radical (unpaired) electrons. The van der Waals surface area contributed by atoms with Crippen molar-refractivity contribution in [2.75, 3.05) is 11.1 Å². The van der Waals surface area contributed by atoms with Gasteiger partial charge in [-0.25, -0.2) is 9.48 Å².